The number of hydrogen-bond donors (Lipinski definition) is 1. The Balaban J connectivity index is 2.53. The Morgan fingerprint density at radius 3 is 3.00 bits per heavy atom. The minimum absolute atomic E-state index is 0.584. The molecule has 2 aromatic rings. The predicted octanol–water partition coefficient (Wildman–Crippen LogP) is 1.10. The molecule has 0 amide bonds. The standard InChI is InChI=1S/C8H9ClN4/c1-10-2-6-3-11-8-12-4-7(9)13(8)5-6/h3-5,10H,2H2,1H3. The first-order chi connectivity index (χ1) is 6.31. The van der Waals surface area contributed by atoms with E-state index in [4.69, 9.17) is 11.6 Å². The van der Waals surface area contributed by atoms with Gasteiger partial charge in [0.1, 0.15) is 5.15 Å². The van der Waals surface area contributed by atoms with E-state index in [-0.39, 0.29) is 0 Å². The van der Waals surface area contributed by atoms with Gasteiger partial charge in [0.05, 0.1) is 6.20 Å². The van der Waals surface area contributed by atoms with Crippen LogP contribution in [-0.2, 0) is 6.54 Å². The van der Waals surface area contributed by atoms with Gasteiger partial charge < -0.3 is 5.32 Å². The summed E-state index contributed by atoms with van der Waals surface area (Å²) in [6.07, 6.45) is 5.30. The number of rotatable bonds is 2. The third-order valence-electron chi connectivity index (χ3n) is 1.75. The van der Waals surface area contributed by atoms with Crippen molar-refractivity contribution in [2.45, 2.75) is 6.54 Å². The third kappa shape index (κ3) is 1.50. The van der Waals surface area contributed by atoms with Gasteiger partial charge in [0.25, 0.3) is 0 Å². The van der Waals surface area contributed by atoms with Gasteiger partial charge in [0, 0.05) is 24.5 Å². The summed E-state index contributed by atoms with van der Waals surface area (Å²) in [5.74, 6) is 0.629. The highest BCUT2D eigenvalue weighted by atomic mass is 35.5. The number of hydrogen-bond acceptors (Lipinski definition) is 3. The van der Waals surface area contributed by atoms with E-state index in [1.165, 1.54) is 0 Å². The molecule has 0 aliphatic rings. The number of halogens is 1. The van der Waals surface area contributed by atoms with Crippen LogP contribution in [0.25, 0.3) is 5.78 Å². The van der Waals surface area contributed by atoms with E-state index in [0.29, 0.717) is 10.9 Å². The van der Waals surface area contributed by atoms with Crippen LogP contribution in [0.2, 0.25) is 5.15 Å². The van der Waals surface area contributed by atoms with Crippen molar-refractivity contribution in [3.8, 4) is 0 Å². The summed E-state index contributed by atoms with van der Waals surface area (Å²) in [6, 6.07) is 0. The SMILES string of the molecule is CNCc1cnc2ncc(Cl)n2c1. The molecule has 0 bridgehead atoms. The highest BCUT2D eigenvalue weighted by Crippen LogP contribution is 2.10. The monoisotopic (exact) mass is 196 g/mol. The lowest BCUT2D eigenvalue weighted by Crippen LogP contribution is -2.06. The Morgan fingerprint density at radius 2 is 2.23 bits per heavy atom. The molecule has 1 N–H and O–H groups in total. The summed E-state index contributed by atoms with van der Waals surface area (Å²) >= 11 is 5.88. The normalized spacial score (nSPS) is 10.9. The average molecular weight is 197 g/mol. The van der Waals surface area contributed by atoms with E-state index in [0.717, 1.165) is 12.1 Å². The van der Waals surface area contributed by atoms with Crippen LogP contribution < -0.4 is 5.32 Å². The fourth-order valence-electron chi connectivity index (χ4n) is 1.18. The van der Waals surface area contributed by atoms with Crippen molar-refractivity contribution in [2.75, 3.05) is 7.05 Å². The second-order valence-corrected chi connectivity index (χ2v) is 3.13. The zero-order valence-electron chi connectivity index (χ0n) is 7.16. The van der Waals surface area contributed by atoms with Gasteiger partial charge in [0.15, 0.2) is 0 Å². The first kappa shape index (κ1) is 8.47. The minimum Gasteiger partial charge on any atom is -0.316 e. The second-order valence-electron chi connectivity index (χ2n) is 2.74. The second kappa shape index (κ2) is 3.32. The maximum atomic E-state index is 5.88. The van der Waals surface area contributed by atoms with Gasteiger partial charge >= 0.3 is 0 Å². The summed E-state index contributed by atoms with van der Waals surface area (Å²) in [6.45, 7) is 0.775. The van der Waals surface area contributed by atoms with Crippen LogP contribution in [0.1, 0.15) is 5.56 Å². The van der Waals surface area contributed by atoms with Crippen LogP contribution in [0.15, 0.2) is 18.6 Å². The van der Waals surface area contributed by atoms with E-state index >= 15 is 0 Å². The van der Waals surface area contributed by atoms with Crippen LogP contribution in [-0.4, -0.2) is 21.4 Å². The maximum absolute atomic E-state index is 5.88. The lowest BCUT2D eigenvalue weighted by Gasteiger charge is -2.00. The maximum Gasteiger partial charge on any atom is 0.234 e. The molecular formula is C8H9ClN4. The zero-order valence-corrected chi connectivity index (χ0v) is 7.91. The number of fused-ring (bicyclic) bond motifs is 1. The van der Waals surface area contributed by atoms with Gasteiger partial charge in [-0.25, -0.2) is 9.97 Å². The lowest BCUT2D eigenvalue weighted by molar-refractivity contribution is 0.804. The van der Waals surface area contributed by atoms with Crippen molar-refractivity contribution in [2.24, 2.45) is 0 Å². The zero-order chi connectivity index (χ0) is 9.26. The molecule has 0 aliphatic carbocycles. The van der Waals surface area contributed by atoms with E-state index in [2.05, 4.69) is 15.3 Å². The van der Waals surface area contributed by atoms with E-state index in [1.807, 2.05) is 13.2 Å². The summed E-state index contributed by atoms with van der Waals surface area (Å²) in [5, 5.41) is 3.63. The molecule has 2 aromatic heterocycles. The molecule has 4 nitrogen and oxygen atoms in total. The molecule has 2 heterocycles. The van der Waals surface area contributed by atoms with Crippen LogP contribution in [0.3, 0.4) is 0 Å². The number of nitrogens with zero attached hydrogens (tertiary/aromatic N) is 3. The van der Waals surface area contributed by atoms with Crippen molar-refractivity contribution in [1.82, 2.24) is 19.7 Å². The van der Waals surface area contributed by atoms with Crippen LogP contribution in [0, 0.1) is 0 Å². The van der Waals surface area contributed by atoms with Crippen molar-refractivity contribution in [3.63, 3.8) is 0 Å². The molecule has 0 aliphatic heterocycles. The molecule has 0 fully saturated rings. The summed E-state index contributed by atoms with van der Waals surface area (Å²) in [4.78, 5) is 8.17. The molecule has 0 aromatic carbocycles. The smallest absolute Gasteiger partial charge is 0.234 e. The fraction of sp³-hybridized carbons (Fsp3) is 0.250. The Kier molecular flexibility index (Phi) is 2.16. The molecule has 0 unspecified atom stereocenters. The molecular weight excluding hydrogens is 188 g/mol. The van der Waals surface area contributed by atoms with Crippen LogP contribution >= 0.6 is 11.6 Å². The molecule has 0 radical (unpaired) electrons. The highest BCUT2D eigenvalue weighted by Gasteiger charge is 2.01. The van der Waals surface area contributed by atoms with Gasteiger partial charge in [0.2, 0.25) is 5.78 Å². The Labute approximate surface area is 80.6 Å². The Hall–Kier alpha value is -1.13. The minimum atomic E-state index is 0.584. The molecule has 13 heavy (non-hydrogen) atoms. The number of imidazole rings is 1. The molecule has 0 spiro atoms. The quantitative estimate of drug-likeness (QED) is 0.782. The molecule has 2 rings (SSSR count). The van der Waals surface area contributed by atoms with Crippen LogP contribution in [0.4, 0.5) is 0 Å². The highest BCUT2D eigenvalue weighted by molar-refractivity contribution is 6.29. The number of nitrogens with one attached hydrogen (secondary N) is 1. The Morgan fingerprint density at radius 1 is 1.46 bits per heavy atom. The van der Waals surface area contributed by atoms with Gasteiger partial charge in [-0.3, -0.25) is 4.40 Å². The van der Waals surface area contributed by atoms with Gasteiger partial charge in [-0.15, -0.1) is 0 Å². The number of aromatic nitrogens is 3. The molecule has 0 atom stereocenters. The van der Waals surface area contributed by atoms with Gasteiger partial charge in [-0.05, 0) is 7.05 Å². The topological polar surface area (TPSA) is 42.2 Å². The molecule has 0 saturated heterocycles. The van der Waals surface area contributed by atoms with E-state index in [1.54, 1.807) is 16.8 Å². The molecule has 5 heteroatoms. The molecule has 68 valence electrons. The Bertz CT molecular complexity index is 423. The van der Waals surface area contributed by atoms with Crippen molar-refractivity contribution < 1.29 is 0 Å². The van der Waals surface area contributed by atoms with Gasteiger partial charge in [-0.2, -0.15) is 0 Å². The van der Waals surface area contributed by atoms with Crippen molar-refractivity contribution in [3.05, 3.63) is 29.3 Å². The largest absolute Gasteiger partial charge is 0.316 e. The first-order valence-electron chi connectivity index (χ1n) is 3.93. The van der Waals surface area contributed by atoms with E-state index < -0.39 is 0 Å². The summed E-state index contributed by atoms with van der Waals surface area (Å²) in [7, 11) is 1.89. The summed E-state index contributed by atoms with van der Waals surface area (Å²) < 4.78 is 1.76. The average Bonchev–Trinajstić information content (AvgIpc) is 2.49. The lowest BCUT2D eigenvalue weighted by atomic mass is 10.3. The van der Waals surface area contributed by atoms with Crippen molar-refractivity contribution >= 4 is 17.4 Å². The predicted molar refractivity (Wildman–Crippen MR) is 50.8 cm³/mol. The van der Waals surface area contributed by atoms with Crippen LogP contribution in [0.5, 0.6) is 0 Å². The van der Waals surface area contributed by atoms with Crippen molar-refractivity contribution in [1.29, 1.82) is 0 Å². The first-order valence-corrected chi connectivity index (χ1v) is 4.31. The fourth-order valence-corrected chi connectivity index (χ4v) is 1.35. The third-order valence-corrected chi connectivity index (χ3v) is 2.03. The van der Waals surface area contributed by atoms with E-state index in [9.17, 15) is 0 Å². The summed E-state index contributed by atoms with van der Waals surface area (Å²) in [5.41, 5.74) is 1.08. The molecule has 0 saturated carbocycles. The van der Waals surface area contributed by atoms with Gasteiger partial charge in [-0.1, -0.05) is 11.6 Å².